The van der Waals surface area contributed by atoms with Crippen LogP contribution in [0, 0.1) is 0 Å². The van der Waals surface area contributed by atoms with Crippen LogP contribution in [0.4, 0.5) is 0 Å². The minimum Gasteiger partial charge on any atom is -0.461 e. The summed E-state index contributed by atoms with van der Waals surface area (Å²) in [5, 5.41) is 1.02. The van der Waals surface area contributed by atoms with E-state index in [0.29, 0.717) is 6.54 Å². The van der Waals surface area contributed by atoms with Gasteiger partial charge in [0.05, 0.1) is 0 Å². The van der Waals surface area contributed by atoms with Gasteiger partial charge in [0, 0.05) is 24.1 Å². The fraction of sp³-hybridized carbons (Fsp3) is 0.222. The van der Waals surface area contributed by atoms with Crippen LogP contribution in [-0.4, -0.2) is 11.5 Å². The van der Waals surface area contributed by atoms with Gasteiger partial charge in [0.2, 0.25) is 0 Å². The maximum atomic E-state index is 5.54. The lowest BCUT2D eigenvalue weighted by atomic mass is 10.3. The Hall–Kier alpha value is -0.870. The van der Waals surface area contributed by atoms with Gasteiger partial charge < -0.3 is 10.2 Å². The highest BCUT2D eigenvalue weighted by atomic mass is 79.9. The second-order valence-electron chi connectivity index (χ2n) is 2.80. The molecule has 0 spiro atoms. The van der Waals surface area contributed by atoms with Crippen LogP contribution in [0.15, 0.2) is 27.3 Å². The third-order valence-corrected chi connectivity index (χ3v) is 2.24. The maximum absolute atomic E-state index is 5.54. The Balaban J connectivity index is 2.49. The third-order valence-electron chi connectivity index (χ3n) is 1.81. The number of hydrogen-bond donors (Lipinski definition) is 1. The molecule has 2 heterocycles. The summed E-state index contributed by atoms with van der Waals surface area (Å²) in [6, 6.07) is 3.83. The van der Waals surface area contributed by atoms with Crippen LogP contribution in [0.3, 0.4) is 0 Å². The Morgan fingerprint density at radius 1 is 1.46 bits per heavy atom. The average Bonchev–Trinajstić information content (AvgIpc) is 2.46. The second-order valence-corrected chi connectivity index (χ2v) is 3.61. The summed E-state index contributed by atoms with van der Waals surface area (Å²) in [5.74, 6) is 0.914. The molecule has 0 fully saturated rings. The van der Waals surface area contributed by atoms with Crippen LogP contribution < -0.4 is 5.73 Å². The summed E-state index contributed by atoms with van der Waals surface area (Å²) in [6.45, 7) is 0.606. The van der Waals surface area contributed by atoms with Gasteiger partial charge in [0.15, 0.2) is 0 Å². The number of pyridine rings is 1. The molecular weight excluding hydrogens is 232 g/mol. The number of fused-ring (bicyclic) bond motifs is 1. The Labute approximate surface area is 84.1 Å². The first-order valence-corrected chi connectivity index (χ1v) is 4.83. The number of aromatic nitrogens is 1. The van der Waals surface area contributed by atoms with Crippen molar-refractivity contribution in [3.05, 3.63) is 28.7 Å². The molecule has 2 rings (SSSR count). The van der Waals surface area contributed by atoms with E-state index in [9.17, 15) is 0 Å². The van der Waals surface area contributed by atoms with Crippen LogP contribution in [0.2, 0.25) is 0 Å². The fourth-order valence-corrected chi connectivity index (χ4v) is 1.54. The molecule has 0 aliphatic rings. The SMILES string of the molecule is NCCc1cc2cnc(Br)cc2o1. The van der Waals surface area contributed by atoms with Gasteiger partial charge in [0.25, 0.3) is 0 Å². The second kappa shape index (κ2) is 3.47. The van der Waals surface area contributed by atoms with Crippen LogP contribution in [0.1, 0.15) is 5.76 Å². The van der Waals surface area contributed by atoms with Crippen LogP contribution in [-0.2, 0) is 6.42 Å². The Kier molecular flexibility index (Phi) is 2.33. The van der Waals surface area contributed by atoms with Gasteiger partial charge in [-0.05, 0) is 28.5 Å². The zero-order valence-corrected chi connectivity index (χ0v) is 8.54. The highest BCUT2D eigenvalue weighted by Crippen LogP contribution is 2.21. The van der Waals surface area contributed by atoms with Gasteiger partial charge in [0.1, 0.15) is 15.9 Å². The van der Waals surface area contributed by atoms with Crippen molar-refractivity contribution in [2.75, 3.05) is 6.54 Å². The predicted molar refractivity (Wildman–Crippen MR) is 54.5 cm³/mol. The van der Waals surface area contributed by atoms with Crippen molar-refractivity contribution in [2.24, 2.45) is 5.73 Å². The molecule has 13 heavy (non-hydrogen) atoms. The molecule has 4 heteroatoms. The van der Waals surface area contributed by atoms with E-state index < -0.39 is 0 Å². The number of furan rings is 1. The molecule has 0 unspecified atom stereocenters. The molecule has 2 N–H and O–H groups in total. The summed E-state index contributed by atoms with van der Waals surface area (Å²) in [7, 11) is 0. The number of hydrogen-bond acceptors (Lipinski definition) is 3. The highest BCUT2D eigenvalue weighted by Gasteiger charge is 2.03. The van der Waals surface area contributed by atoms with Gasteiger partial charge in [-0.2, -0.15) is 0 Å². The summed E-state index contributed by atoms with van der Waals surface area (Å²) < 4.78 is 6.33. The molecule has 0 atom stereocenters. The number of rotatable bonds is 2. The van der Waals surface area contributed by atoms with Crippen LogP contribution >= 0.6 is 15.9 Å². The largest absolute Gasteiger partial charge is 0.461 e. The van der Waals surface area contributed by atoms with Gasteiger partial charge in [-0.25, -0.2) is 4.98 Å². The Morgan fingerprint density at radius 2 is 2.31 bits per heavy atom. The molecule has 0 aromatic carbocycles. The molecule has 0 amide bonds. The van der Waals surface area contributed by atoms with Gasteiger partial charge in [-0.15, -0.1) is 0 Å². The Morgan fingerprint density at radius 3 is 3.08 bits per heavy atom. The van der Waals surface area contributed by atoms with E-state index in [-0.39, 0.29) is 0 Å². The monoisotopic (exact) mass is 240 g/mol. The molecule has 68 valence electrons. The highest BCUT2D eigenvalue weighted by molar-refractivity contribution is 9.10. The standard InChI is InChI=1S/C9H9BrN2O/c10-9-4-8-6(5-12-9)3-7(13-8)1-2-11/h3-5H,1-2,11H2. The van der Waals surface area contributed by atoms with Crippen molar-refractivity contribution in [3.63, 3.8) is 0 Å². The first-order valence-electron chi connectivity index (χ1n) is 4.03. The topological polar surface area (TPSA) is 52.0 Å². The molecule has 0 aliphatic heterocycles. The first kappa shape index (κ1) is 8.72. The van der Waals surface area contributed by atoms with Crippen molar-refractivity contribution in [1.29, 1.82) is 0 Å². The first-order chi connectivity index (χ1) is 6.29. The van der Waals surface area contributed by atoms with E-state index >= 15 is 0 Å². The summed E-state index contributed by atoms with van der Waals surface area (Å²) in [5.41, 5.74) is 6.28. The molecule has 0 saturated carbocycles. The number of nitrogens with zero attached hydrogens (tertiary/aromatic N) is 1. The van der Waals surface area contributed by atoms with Crippen LogP contribution in [0.5, 0.6) is 0 Å². The zero-order valence-electron chi connectivity index (χ0n) is 6.96. The van der Waals surface area contributed by atoms with Crippen molar-refractivity contribution in [1.82, 2.24) is 4.98 Å². The normalized spacial score (nSPS) is 10.9. The van der Waals surface area contributed by atoms with E-state index in [4.69, 9.17) is 10.2 Å². The molecule has 2 aromatic heterocycles. The smallest absolute Gasteiger partial charge is 0.138 e. The van der Waals surface area contributed by atoms with E-state index in [2.05, 4.69) is 20.9 Å². The predicted octanol–water partition coefficient (Wildman–Crippen LogP) is 2.09. The lowest BCUT2D eigenvalue weighted by Crippen LogP contribution is -2.01. The van der Waals surface area contributed by atoms with Gasteiger partial charge >= 0.3 is 0 Å². The Bertz CT molecular complexity index is 424. The molecule has 3 nitrogen and oxygen atoms in total. The maximum Gasteiger partial charge on any atom is 0.138 e. The molecular formula is C9H9BrN2O. The van der Waals surface area contributed by atoms with Crippen molar-refractivity contribution < 1.29 is 4.42 Å². The third kappa shape index (κ3) is 1.73. The minimum absolute atomic E-state index is 0.606. The van der Waals surface area contributed by atoms with E-state index in [1.807, 2.05) is 12.1 Å². The quantitative estimate of drug-likeness (QED) is 0.819. The average molecular weight is 241 g/mol. The van der Waals surface area contributed by atoms with Crippen LogP contribution in [0.25, 0.3) is 11.0 Å². The summed E-state index contributed by atoms with van der Waals surface area (Å²) >= 11 is 3.28. The molecule has 2 aromatic rings. The molecule has 0 saturated heterocycles. The molecule has 0 aliphatic carbocycles. The fourth-order valence-electron chi connectivity index (χ4n) is 1.23. The number of nitrogens with two attached hydrogens (primary N) is 1. The lowest BCUT2D eigenvalue weighted by molar-refractivity contribution is 0.550. The minimum atomic E-state index is 0.606. The molecule has 0 bridgehead atoms. The number of halogens is 1. The lowest BCUT2D eigenvalue weighted by Gasteiger charge is -1.89. The summed E-state index contributed by atoms with van der Waals surface area (Å²) in [4.78, 5) is 4.11. The van der Waals surface area contributed by atoms with Crippen molar-refractivity contribution >= 4 is 26.9 Å². The summed E-state index contributed by atoms with van der Waals surface area (Å²) in [6.07, 6.45) is 2.55. The van der Waals surface area contributed by atoms with E-state index in [1.165, 1.54) is 0 Å². The van der Waals surface area contributed by atoms with Crippen molar-refractivity contribution in [3.8, 4) is 0 Å². The van der Waals surface area contributed by atoms with Gasteiger partial charge in [-0.3, -0.25) is 0 Å². The van der Waals surface area contributed by atoms with Gasteiger partial charge in [-0.1, -0.05) is 0 Å². The molecule has 0 radical (unpaired) electrons. The zero-order chi connectivity index (χ0) is 9.26. The van der Waals surface area contributed by atoms with E-state index in [1.54, 1.807) is 6.20 Å². The van der Waals surface area contributed by atoms with E-state index in [0.717, 1.165) is 27.8 Å². The van der Waals surface area contributed by atoms with Crippen molar-refractivity contribution in [2.45, 2.75) is 6.42 Å².